The molecule has 0 aliphatic rings. The number of pyridine rings is 1. The molecule has 0 saturated heterocycles. The van der Waals surface area contributed by atoms with Gasteiger partial charge in [0.1, 0.15) is 5.69 Å². The molecule has 0 unspecified atom stereocenters. The summed E-state index contributed by atoms with van der Waals surface area (Å²) < 4.78 is 24.4. The average molecular weight is 199 g/mol. The Morgan fingerprint density at radius 1 is 1.64 bits per heavy atom. The van der Waals surface area contributed by atoms with Crippen LogP contribution < -0.4 is 5.73 Å². The zero-order valence-corrected chi connectivity index (χ0v) is 7.04. The van der Waals surface area contributed by atoms with E-state index in [-0.39, 0.29) is 17.8 Å². The highest BCUT2D eigenvalue weighted by atomic mass is 19.3. The van der Waals surface area contributed by atoms with Gasteiger partial charge in [-0.15, -0.1) is 0 Å². The summed E-state index contributed by atoms with van der Waals surface area (Å²) in [7, 11) is 0. The first-order valence-electron chi connectivity index (χ1n) is 3.69. The predicted molar refractivity (Wildman–Crippen MR) is 44.6 cm³/mol. The molecule has 0 aliphatic carbocycles. The van der Waals surface area contributed by atoms with E-state index in [2.05, 4.69) is 4.98 Å². The number of alkyl halides is 2. The van der Waals surface area contributed by atoms with Gasteiger partial charge in [0.05, 0.1) is 12.5 Å². The summed E-state index contributed by atoms with van der Waals surface area (Å²) in [5.41, 5.74) is 4.71. The first-order chi connectivity index (χ1) is 6.56. The summed E-state index contributed by atoms with van der Waals surface area (Å²) in [5, 5.41) is 17.6. The van der Waals surface area contributed by atoms with E-state index < -0.39 is 17.9 Å². The molecule has 0 bridgehead atoms. The Morgan fingerprint density at radius 3 is 2.79 bits per heavy atom. The average Bonchev–Trinajstić information content (AvgIpc) is 2.12. The largest absolute Gasteiger partial charge is 0.504 e. The van der Waals surface area contributed by atoms with Crippen LogP contribution in [0.25, 0.3) is 0 Å². The third-order valence-electron chi connectivity index (χ3n) is 1.61. The molecule has 6 heteroatoms. The first-order valence-corrected chi connectivity index (χ1v) is 3.69. The Balaban J connectivity index is 3.22. The number of nitriles is 1. The lowest BCUT2D eigenvalue weighted by Crippen LogP contribution is -2.00. The molecule has 1 aromatic heterocycles. The fraction of sp³-hybridized carbons (Fsp3) is 0.250. The minimum Gasteiger partial charge on any atom is -0.504 e. The summed E-state index contributed by atoms with van der Waals surface area (Å²) in [5.74, 6) is -0.788. The molecule has 14 heavy (non-hydrogen) atoms. The van der Waals surface area contributed by atoms with E-state index >= 15 is 0 Å². The van der Waals surface area contributed by atoms with Gasteiger partial charge < -0.3 is 10.8 Å². The third kappa shape index (κ3) is 1.88. The van der Waals surface area contributed by atoms with Crippen molar-refractivity contribution in [3.63, 3.8) is 0 Å². The molecule has 1 aromatic rings. The highest BCUT2D eigenvalue weighted by Crippen LogP contribution is 2.28. The lowest BCUT2D eigenvalue weighted by molar-refractivity contribution is 0.146. The van der Waals surface area contributed by atoms with Gasteiger partial charge in [0.25, 0.3) is 6.43 Å². The first kappa shape index (κ1) is 10.2. The summed E-state index contributed by atoms with van der Waals surface area (Å²) in [4.78, 5) is 3.28. The van der Waals surface area contributed by atoms with Crippen molar-refractivity contribution in [3.05, 3.63) is 17.3 Å². The summed E-state index contributed by atoms with van der Waals surface area (Å²) in [6.45, 7) is 0. The third-order valence-corrected chi connectivity index (χ3v) is 1.61. The molecule has 1 heterocycles. The van der Waals surface area contributed by atoms with Crippen LogP contribution >= 0.6 is 0 Å². The minimum absolute atomic E-state index is 0.0651. The lowest BCUT2D eigenvalue weighted by atomic mass is 10.1. The van der Waals surface area contributed by atoms with E-state index in [4.69, 9.17) is 11.0 Å². The second kappa shape index (κ2) is 3.87. The molecular weight excluding hydrogens is 192 g/mol. The van der Waals surface area contributed by atoms with Gasteiger partial charge in [0, 0.05) is 5.56 Å². The fourth-order valence-electron chi connectivity index (χ4n) is 0.967. The highest BCUT2D eigenvalue weighted by Gasteiger charge is 2.15. The lowest BCUT2D eigenvalue weighted by Gasteiger charge is -2.06. The summed E-state index contributed by atoms with van der Waals surface area (Å²) >= 11 is 0. The second-order valence-electron chi connectivity index (χ2n) is 2.58. The van der Waals surface area contributed by atoms with Gasteiger partial charge in [-0.2, -0.15) is 5.26 Å². The zero-order chi connectivity index (χ0) is 10.7. The molecule has 1 rings (SSSR count). The Kier molecular flexibility index (Phi) is 2.82. The predicted octanol–water partition coefficient (Wildman–Crippen LogP) is 1.37. The number of anilines is 1. The van der Waals surface area contributed by atoms with Crippen LogP contribution in [0.1, 0.15) is 17.7 Å². The van der Waals surface area contributed by atoms with Crippen molar-refractivity contribution < 1.29 is 13.9 Å². The van der Waals surface area contributed by atoms with E-state index in [0.717, 1.165) is 6.07 Å². The number of aromatic nitrogens is 1. The van der Waals surface area contributed by atoms with Crippen LogP contribution in [0.15, 0.2) is 6.07 Å². The number of rotatable bonds is 2. The zero-order valence-electron chi connectivity index (χ0n) is 7.04. The molecule has 74 valence electrons. The van der Waals surface area contributed by atoms with Gasteiger partial charge in [-0.1, -0.05) is 0 Å². The van der Waals surface area contributed by atoms with Crippen LogP contribution in [-0.2, 0) is 6.42 Å². The van der Waals surface area contributed by atoms with E-state index in [1.807, 2.05) is 0 Å². The van der Waals surface area contributed by atoms with Crippen molar-refractivity contribution in [1.82, 2.24) is 4.98 Å². The second-order valence-corrected chi connectivity index (χ2v) is 2.58. The molecule has 0 radical (unpaired) electrons. The smallest absolute Gasteiger partial charge is 0.280 e. The van der Waals surface area contributed by atoms with Crippen molar-refractivity contribution in [2.24, 2.45) is 0 Å². The van der Waals surface area contributed by atoms with E-state index in [9.17, 15) is 13.9 Å². The topological polar surface area (TPSA) is 82.9 Å². The molecule has 0 spiro atoms. The molecule has 3 N–H and O–H groups in total. The molecular formula is C8H7F2N3O. The van der Waals surface area contributed by atoms with E-state index in [0.29, 0.717) is 0 Å². The van der Waals surface area contributed by atoms with Crippen LogP contribution in [-0.4, -0.2) is 10.1 Å². The van der Waals surface area contributed by atoms with Crippen LogP contribution in [0, 0.1) is 11.3 Å². The number of nitrogens with zero attached hydrogens (tertiary/aromatic N) is 2. The summed E-state index contributed by atoms with van der Waals surface area (Å²) in [6, 6.07) is 2.70. The number of nitrogen functional groups attached to an aromatic ring is 1. The molecule has 0 fully saturated rings. The Morgan fingerprint density at radius 2 is 2.29 bits per heavy atom. The van der Waals surface area contributed by atoms with Crippen molar-refractivity contribution >= 4 is 5.82 Å². The number of hydrogen-bond acceptors (Lipinski definition) is 4. The molecule has 4 nitrogen and oxygen atoms in total. The summed E-state index contributed by atoms with van der Waals surface area (Å²) in [6.07, 6.45) is -2.95. The Hall–Kier alpha value is -1.90. The van der Waals surface area contributed by atoms with Crippen LogP contribution in [0.5, 0.6) is 5.75 Å². The van der Waals surface area contributed by atoms with Gasteiger partial charge in [-0.05, 0) is 6.07 Å². The SMILES string of the molecule is N#CCc1cc(C(F)F)nc(N)c1O. The van der Waals surface area contributed by atoms with Crippen molar-refractivity contribution in [3.8, 4) is 11.8 Å². The Labute approximate surface area is 78.6 Å². The van der Waals surface area contributed by atoms with Crippen molar-refractivity contribution in [1.29, 1.82) is 5.26 Å². The van der Waals surface area contributed by atoms with Crippen LogP contribution in [0.2, 0.25) is 0 Å². The molecule has 0 aromatic carbocycles. The number of aromatic hydroxyl groups is 1. The Bertz CT molecular complexity index is 387. The number of hydrogen-bond donors (Lipinski definition) is 2. The maximum atomic E-state index is 12.2. The molecule has 0 amide bonds. The van der Waals surface area contributed by atoms with Gasteiger partial charge in [0.2, 0.25) is 0 Å². The van der Waals surface area contributed by atoms with Crippen molar-refractivity contribution in [2.75, 3.05) is 5.73 Å². The van der Waals surface area contributed by atoms with Crippen LogP contribution in [0.3, 0.4) is 0 Å². The van der Waals surface area contributed by atoms with E-state index in [1.165, 1.54) is 0 Å². The molecule has 0 aliphatic heterocycles. The monoisotopic (exact) mass is 199 g/mol. The standard InChI is InChI=1S/C8H7F2N3O/c9-7(10)5-3-4(1-2-11)6(14)8(12)13-5/h3,7,14H,1H2,(H2,12,13). The highest BCUT2D eigenvalue weighted by molar-refractivity contribution is 5.52. The maximum absolute atomic E-state index is 12.2. The minimum atomic E-state index is -2.77. The number of halogens is 2. The molecule has 0 atom stereocenters. The quantitative estimate of drug-likeness (QED) is 0.753. The molecule has 0 saturated carbocycles. The van der Waals surface area contributed by atoms with Gasteiger partial charge in [0.15, 0.2) is 11.6 Å². The van der Waals surface area contributed by atoms with Gasteiger partial charge in [-0.3, -0.25) is 0 Å². The van der Waals surface area contributed by atoms with E-state index in [1.54, 1.807) is 6.07 Å². The normalized spacial score (nSPS) is 10.1. The van der Waals surface area contributed by atoms with Gasteiger partial charge in [-0.25, -0.2) is 13.8 Å². The fourth-order valence-corrected chi connectivity index (χ4v) is 0.967. The van der Waals surface area contributed by atoms with Crippen LogP contribution in [0.4, 0.5) is 14.6 Å². The van der Waals surface area contributed by atoms with Gasteiger partial charge >= 0.3 is 0 Å². The van der Waals surface area contributed by atoms with Crippen molar-refractivity contribution in [2.45, 2.75) is 12.8 Å². The number of nitrogens with two attached hydrogens (primary N) is 1. The maximum Gasteiger partial charge on any atom is 0.280 e.